The van der Waals surface area contributed by atoms with Crippen LogP contribution in [0.3, 0.4) is 0 Å². The SMILES string of the molecule is C[C](F)C(CCCCCc1ccccc1)C(=O)O. The third-order valence-corrected chi connectivity index (χ3v) is 3.08. The van der Waals surface area contributed by atoms with Gasteiger partial charge < -0.3 is 5.11 Å². The molecule has 0 aliphatic heterocycles. The van der Waals surface area contributed by atoms with Crippen molar-refractivity contribution in [3.8, 4) is 0 Å². The molecule has 1 radical (unpaired) electrons. The Balaban J connectivity index is 2.17. The smallest absolute Gasteiger partial charge is 0.309 e. The summed E-state index contributed by atoms with van der Waals surface area (Å²) in [6.07, 6.45) is 3.60. The number of benzene rings is 1. The molecule has 0 aromatic heterocycles. The third-order valence-electron chi connectivity index (χ3n) is 3.08. The molecule has 0 amide bonds. The van der Waals surface area contributed by atoms with Crippen molar-refractivity contribution in [1.29, 1.82) is 0 Å². The van der Waals surface area contributed by atoms with Crippen molar-refractivity contribution in [3.63, 3.8) is 0 Å². The van der Waals surface area contributed by atoms with Crippen molar-refractivity contribution in [2.45, 2.75) is 39.0 Å². The van der Waals surface area contributed by atoms with E-state index in [4.69, 9.17) is 5.11 Å². The van der Waals surface area contributed by atoms with Gasteiger partial charge >= 0.3 is 5.97 Å². The van der Waals surface area contributed by atoms with Crippen LogP contribution in [0, 0.1) is 12.1 Å². The normalized spacial score (nSPS) is 12.6. The summed E-state index contributed by atoms with van der Waals surface area (Å²) in [5.41, 5.74) is 1.29. The highest BCUT2D eigenvalue weighted by atomic mass is 19.1. The molecular formula is C15H20FO2. The molecule has 1 rings (SSSR count). The van der Waals surface area contributed by atoms with E-state index in [1.165, 1.54) is 12.5 Å². The van der Waals surface area contributed by atoms with Crippen molar-refractivity contribution in [3.05, 3.63) is 42.1 Å². The number of aliphatic carboxylic acids is 1. The number of rotatable bonds is 8. The first kappa shape index (κ1) is 14.7. The van der Waals surface area contributed by atoms with E-state index in [1.54, 1.807) is 0 Å². The summed E-state index contributed by atoms with van der Waals surface area (Å²) < 4.78 is 12.9. The van der Waals surface area contributed by atoms with E-state index < -0.39 is 18.1 Å². The Morgan fingerprint density at radius 2 is 1.89 bits per heavy atom. The molecule has 18 heavy (non-hydrogen) atoms. The lowest BCUT2D eigenvalue weighted by Crippen LogP contribution is -2.17. The fraction of sp³-hybridized carbons (Fsp3) is 0.467. The summed E-state index contributed by atoms with van der Waals surface area (Å²) in [7, 11) is 0. The summed E-state index contributed by atoms with van der Waals surface area (Å²) in [4.78, 5) is 10.8. The molecule has 3 heteroatoms. The second-order valence-corrected chi connectivity index (χ2v) is 4.56. The number of carbonyl (C=O) groups is 1. The molecule has 1 N–H and O–H groups in total. The summed E-state index contributed by atoms with van der Waals surface area (Å²) in [5, 5.41) is 8.82. The lowest BCUT2D eigenvalue weighted by Gasteiger charge is -2.11. The number of unbranched alkanes of at least 4 members (excludes halogenated alkanes) is 2. The fourth-order valence-electron chi connectivity index (χ4n) is 1.99. The van der Waals surface area contributed by atoms with E-state index in [1.807, 2.05) is 18.2 Å². The lowest BCUT2D eigenvalue weighted by molar-refractivity contribution is -0.142. The van der Waals surface area contributed by atoms with Gasteiger partial charge in [-0.05, 0) is 31.7 Å². The van der Waals surface area contributed by atoms with Gasteiger partial charge in [0, 0.05) is 0 Å². The van der Waals surface area contributed by atoms with Crippen molar-refractivity contribution >= 4 is 5.97 Å². The maximum atomic E-state index is 12.9. The van der Waals surface area contributed by atoms with Crippen LogP contribution in [0.25, 0.3) is 0 Å². The minimum atomic E-state index is -1.06. The van der Waals surface area contributed by atoms with Crippen LogP contribution >= 0.6 is 0 Å². The second-order valence-electron chi connectivity index (χ2n) is 4.56. The van der Waals surface area contributed by atoms with Crippen LogP contribution < -0.4 is 0 Å². The fourth-order valence-corrected chi connectivity index (χ4v) is 1.99. The first-order chi connectivity index (χ1) is 8.61. The maximum absolute atomic E-state index is 12.9. The zero-order valence-corrected chi connectivity index (χ0v) is 10.7. The number of hydrogen-bond acceptors (Lipinski definition) is 1. The average Bonchev–Trinajstić information content (AvgIpc) is 2.34. The topological polar surface area (TPSA) is 37.3 Å². The van der Waals surface area contributed by atoms with E-state index in [0.29, 0.717) is 6.42 Å². The predicted octanol–water partition coefficient (Wildman–Crippen LogP) is 4.01. The van der Waals surface area contributed by atoms with Gasteiger partial charge in [-0.25, -0.2) is 4.39 Å². The molecule has 0 spiro atoms. The van der Waals surface area contributed by atoms with Gasteiger partial charge in [0.05, 0.1) is 5.92 Å². The van der Waals surface area contributed by atoms with Gasteiger partial charge in [-0.15, -0.1) is 0 Å². The van der Waals surface area contributed by atoms with Gasteiger partial charge in [0.25, 0.3) is 0 Å². The highest BCUT2D eigenvalue weighted by molar-refractivity contribution is 5.71. The molecule has 1 unspecified atom stereocenters. The molecule has 0 fully saturated rings. The molecule has 2 nitrogen and oxygen atoms in total. The molecule has 1 atom stereocenters. The third kappa shape index (κ3) is 5.30. The highest BCUT2D eigenvalue weighted by Gasteiger charge is 2.24. The largest absolute Gasteiger partial charge is 0.481 e. The molecule has 0 aliphatic rings. The van der Waals surface area contributed by atoms with Gasteiger partial charge in [-0.2, -0.15) is 0 Å². The van der Waals surface area contributed by atoms with Crippen LogP contribution in [0.4, 0.5) is 4.39 Å². The van der Waals surface area contributed by atoms with E-state index in [0.717, 1.165) is 25.7 Å². The maximum Gasteiger partial charge on any atom is 0.309 e. The van der Waals surface area contributed by atoms with Gasteiger partial charge in [0.1, 0.15) is 0 Å². The standard InChI is InChI=1S/C15H20FO2/c1-12(16)14(15(17)18)11-7-3-6-10-13-8-4-2-5-9-13/h2,4-5,8-9,14H,3,6-7,10-11H2,1H3,(H,17,18). The number of carboxylic acids is 1. The van der Waals surface area contributed by atoms with E-state index in [-0.39, 0.29) is 0 Å². The molecule has 99 valence electrons. The number of aryl methyl sites for hydroxylation is 1. The van der Waals surface area contributed by atoms with E-state index in [2.05, 4.69) is 12.1 Å². The molecule has 0 bridgehead atoms. The summed E-state index contributed by atoms with van der Waals surface area (Å²) in [5.74, 6) is -1.99. The van der Waals surface area contributed by atoms with Gasteiger partial charge in [0.2, 0.25) is 0 Å². The number of hydrogen-bond donors (Lipinski definition) is 1. The van der Waals surface area contributed by atoms with Gasteiger partial charge in [-0.3, -0.25) is 4.79 Å². The van der Waals surface area contributed by atoms with E-state index >= 15 is 0 Å². The summed E-state index contributed by atoms with van der Waals surface area (Å²) in [6.45, 7) is 1.24. The summed E-state index contributed by atoms with van der Waals surface area (Å²) >= 11 is 0. The van der Waals surface area contributed by atoms with Crippen LogP contribution in [-0.2, 0) is 11.2 Å². The molecular weight excluding hydrogens is 231 g/mol. The van der Waals surface area contributed by atoms with Crippen LogP contribution in [-0.4, -0.2) is 11.1 Å². The number of halogens is 1. The van der Waals surface area contributed by atoms with Gasteiger partial charge in [-0.1, -0.05) is 43.2 Å². The van der Waals surface area contributed by atoms with Gasteiger partial charge in [0.15, 0.2) is 6.17 Å². The molecule has 1 aromatic carbocycles. The first-order valence-corrected chi connectivity index (χ1v) is 6.37. The van der Waals surface area contributed by atoms with Crippen LogP contribution in [0.2, 0.25) is 0 Å². The van der Waals surface area contributed by atoms with Crippen LogP contribution in [0.5, 0.6) is 0 Å². The molecule has 0 saturated heterocycles. The highest BCUT2D eigenvalue weighted by Crippen LogP contribution is 2.22. The Kier molecular flexibility index (Phi) is 6.40. The monoisotopic (exact) mass is 251 g/mol. The van der Waals surface area contributed by atoms with Crippen LogP contribution in [0.1, 0.15) is 38.2 Å². The zero-order valence-electron chi connectivity index (χ0n) is 10.7. The predicted molar refractivity (Wildman–Crippen MR) is 69.8 cm³/mol. The minimum Gasteiger partial charge on any atom is -0.481 e. The average molecular weight is 251 g/mol. The van der Waals surface area contributed by atoms with Crippen molar-refractivity contribution in [2.75, 3.05) is 0 Å². The van der Waals surface area contributed by atoms with Crippen molar-refractivity contribution in [2.24, 2.45) is 5.92 Å². The zero-order chi connectivity index (χ0) is 13.4. The van der Waals surface area contributed by atoms with Crippen molar-refractivity contribution < 1.29 is 14.3 Å². The first-order valence-electron chi connectivity index (χ1n) is 6.37. The van der Waals surface area contributed by atoms with E-state index in [9.17, 15) is 9.18 Å². The molecule has 1 aromatic rings. The Labute approximate surface area is 108 Å². The summed E-state index contributed by atoms with van der Waals surface area (Å²) in [6, 6.07) is 10.2. The van der Waals surface area contributed by atoms with Crippen molar-refractivity contribution in [1.82, 2.24) is 0 Å². The Bertz CT molecular complexity index is 349. The number of carboxylic acid groups (broad SMARTS) is 1. The Morgan fingerprint density at radius 1 is 1.22 bits per heavy atom. The Hall–Kier alpha value is -1.38. The minimum absolute atomic E-state index is 0.395. The second kappa shape index (κ2) is 7.85. The lowest BCUT2D eigenvalue weighted by atomic mass is 9.96. The molecule has 0 aliphatic carbocycles. The molecule has 0 heterocycles. The Morgan fingerprint density at radius 3 is 2.44 bits per heavy atom. The molecule has 0 saturated carbocycles. The quantitative estimate of drug-likeness (QED) is 0.709. The van der Waals surface area contributed by atoms with Crippen LogP contribution in [0.15, 0.2) is 30.3 Å².